The number of methoxy groups -OCH3 is 1. The number of urea groups is 1. The molecule has 0 aliphatic rings. The number of hydrogen-bond donors (Lipinski definition) is 2. The van der Waals surface area contributed by atoms with E-state index in [1.54, 1.807) is 12.1 Å². The molecule has 0 aliphatic heterocycles. The summed E-state index contributed by atoms with van der Waals surface area (Å²) in [6.07, 6.45) is 3.38. The molecule has 1 aromatic rings. The van der Waals surface area contributed by atoms with Crippen molar-refractivity contribution in [1.29, 1.82) is 0 Å². The number of amides is 2. The van der Waals surface area contributed by atoms with Crippen molar-refractivity contribution < 1.29 is 14.3 Å². The van der Waals surface area contributed by atoms with Crippen LogP contribution in [-0.2, 0) is 0 Å². The molecular formula is C13H18ClN3O3. The van der Waals surface area contributed by atoms with E-state index in [9.17, 15) is 4.79 Å². The summed E-state index contributed by atoms with van der Waals surface area (Å²) in [5, 5.41) is 4.08. The average Bonchev–Trinajstić information content (AvgIpc) is 2.40. The predicted molar refractivity (Wildman–Crippen MR) is 78.7 cm³/mol. The van der Waals surface area contributed by atoms with Gasteiger partial charge in [0.1, 0.15) is 0 Å². The minimum Gasteiger partial charge on any atom is -0.493 e. The second kappa shape index (κ2) is 8.27. The number of halogens is 1. The lowest BCUT2D eigenvalue weighted by Gasteiger charge is -2.12. The number of primary amides is 1. The number of nitrogens with one attached hydrogen (secondary N) is 1. The first-order valence-electron chi connectivity index (χ1n) is 6.17. The molecule has 0 aromatic heterocycles. The summed E-state index contributed by atoms with van der Waals surface area (Å²) in [7, 11) is 1.53. The minimum absolute atomic E-state index is 0.418. The molecule has 0 aliphatic carbocycles. The summed E-state index contributed by atoms with van der Waals surface area (Å²) in [5.74, 6) is 1.01. The molecule has 0 radical (unpaired) electrons. The van der Waals surface area contributed by atoms with Gasteiger partial charge in [-0.2, -0.15) is 5.10 Å². The highest BCUT2D eigenvalue weighted by Gasteiger charge is 2.11. The summed E-state index contributed by atoms with van der Waals surface area (Å²) >= 11 is 6.16. The van der Waals surface area contributed by atoms with E-state index in [0.29, 0.717) is 28.7 Å². The van der Waals surface area contributed by atoms with Crippen LogP contribution in [0, 0.1) is 0 Å². The summed E-state index contributed by atoms with van der Waals surface area (Å²) < 4.78 is 10.8. The lowest BCUT2D eigenvalue weighted by atomic mass is 10.2. The number of hydrazone groups is 1. The lowest BCUT2D eigenvalue weighted by Crippen LogP contribution is -2.24. The number of benzene rings is 1. The Bertz CT molecular complexity index is 492. The third kappa shape index (κ3) is 4.97. The SMILES string of the molecule is CCCCOc1c(Cl)cc(C=NNC(N)=O)cc1OC. The monoisotopic (exact) mass is 299 g/mol. The largest absolute Gasteiger partial charge is 0.493 e. The number of carbonyl (C=O) groups is 1. The molecule has 1 aromatic carbocycles. The maximum absolute atomic E-state index is 10.5. The van der Waals surface area contributed by atoms with Crippen molar-refractivity contribution in [3.63, 3.8) is 0 Å². The van der Waals surface area contributed by atoms with E-state index in [1.165, 1.54) is 13.3 Å². The highest BCUT2D eigenvalue weighted by Crippen LogP contribution is 2.36. The Labute approximate surface area is 122 Å². The van der Waals surface area contributed by atoms with Crippen molar-refractivity contribution in [3.8, 4) is 11.5 Å². The van der Waals surface area contributed by atoms with Crippen LogP contribution in [0.25, 0.3) is 0 Å². The first-order chi connectivity index (χ1) is 9.58. The number of hydrogen-bond acceptors (Lipinski definition) is 4. The van der Waals surface area contributed by atoms with Gasteiger partial charge >= 0.3 is 6.03 Å². The quantitative estimate of drug-likeness (QED) is 0.461. The van der Waals surface area contributed by atoms with Crippen LogP contribution in [0.15, 0.2) is 17.2 Å². The first-order valence-corrected chi connectivity index (χ1v) is 6.55. The third-order valence-electron chi connectivity index (χ3n) is 2.38. The van der Waals surface area contributed by atoms with Gasteiger partial charge in [-0.1, -0.05) is 24.9 Å². The van der Waals surface area contributed by atoms with Crippen LogP contribution in [-0.4, -0.2) is 26.0 Å². The number of unbranched alkanes of at least 4 members (excludes halogenated alkanes) is 1. The van der Waals surface area contributed by atoms with Crippen molar-refractivity contribution in [1.82, 2.24) is 5.43 Å². The first kappa shape index (κ1) is 16.1. The van der Waals surface area contributed by atoms with E-state index in [1.807, 2.05) is 0 Å². The van der Waals surface area contributed by atoms with Crippen LogP contribution < -0.4 is 20.6 Å². The lowest BCUT2D eigenvalue weighted by molar-refractivity contribution is 0.249. The number of rotatable bonds is 7. The molecule has 0 atom stereocenters. The number of carbonyl (C=O) groups excluding carboxylic acids is 1. The van der Waals surface area contributed by atoms with Gasteiger partial charge in [0.15, 0.2) is 11.5 Å². The highest BCUT2D eigenvalue weighted by molar-refractivity contribution is 6.32. The van der Waals surface area contributed by atoms with Gasteiger partial charge in [0.25, 0.3) is 0 Å². The maximum atomic E-state index is 10.5. The van der Waals surface area contributed by atoms with Crippen LogP contribution in [0.2, 0.25) is 5.02 Å². The van der Waals surface area contributed by atoms with Crippen LogP contribution in [0.1, 0.15) is 25.3 Å². The molecule has 7 heteroatoms. The van der Waals surface area contributed by atoms with E-state index in [0.717, 1.165) is 12.8 Å². The van der Waals surface area contributed by atoms with E-state index in [4.69, 9.17) is 26.8 Å². The van der Waals surface area contributed by atoms with Gasteiger partial charge < -0.3 is 15.2 Å². The van der Waals surface area contributed by atoms with E-state index in [-0.39, 0.29) is 0 Å². The van der Waals surface area contributed by atoms with Crippen molar-refractivity contribution in [2.45, 2.75) is 19.8 Å². The van der Waals surface area contributed by atoms with E-state index >= 15 is 0 Å². The number of ether oxygens (including phenoxy) is 2. The Hall–Kier alpha value is -1.95. The van der Waals surface area contributed by atoms with Gasteiger partial charge in [-0.25, -0.2) is 10.2 Å². The molecule has 0 unspecified atom stereocenters. The zero-order chi connectivity index (χ0) is 15.0. The standard InChI is InChI=1S/C13H18ClN3O3/c1-3-4-5-20-12-10(14)6-9(7-11(12)19-2)8-16-17-13(15)18/h6-8H,3-5H2,1-2H3,(H3,15,17,18). The second-order valence-electron chi connectivity index (χ2n) is 3.97. The molecular weight excluding hydrogens is 282 g/mol. The summed E-state index contributed by atoms with van der Waals surface area (Å²) in [6, 6.07) is 2.63. The van der Waals surface area contributed by atoms with Crippen LogP contribution >= 0.6 is 11.6 Å². The van der Waals surface area contributed by atoms with E-state index in [2.05, 4.69) is 17.5 Å². The van der Waals surface area contributed by atoms with Gasteiger partial charge in [0.2, 0.25) is 0 Å². The number of nitrogens with zero attached hydrogens (tertiary/aromatic N) is 1. The van der Waals surface area contributed by atoms with Gasteiger partial charge in [0, 0.05) is 0 Å². The normalized spacial score (nSPS) is 10.6. The van der Waals surface area contributed by atoms with Crippen molar-refractivity contribution in [2.75, 3.05) is 13.7 Å². The fourth-order valence-electron chi connectivity index (χ4n) is 1.44. The Morgan fingerprint density at radius 2 is 2.30 bits per heavy atom. The van der Waals surface area contributed by atoms with Crippen molar-refractivity contribution in [3.05, 3.63) is 22.7 Å². The van der Waals surface area contributed by atoms with Crippen LogP contribution in [0.4, 0.5) is 4.79 Å². The fourth-order valence-corrected chi connectivity index (χ4v) is 1.72. The number of nitrogens with two attached hydrogens (primary N) is 1. The predicted octanol–water partition coefficient (Wildman–Crippen LogP) is 2.53. The topological polar surface area (TPSA) is 85.9 Å². The summed E-state index contributed by atoms with van der Waals surface area (Å²) in [6.45, 7) is 2.65. The van der Waals surface area contributed by atoms with Gasteiger partial charge in [0.05, 0.1) is 25.0 Å². The smallest absolute Gasteiger partial charge is 0.332 e. The van der Waals surface area contributed by atoms with Crippen molar-refractivity contribution in [2.24, 2.45) is 10.8 Å². The molecule has 0 saturated heterocycles. The molecule has 2 amide bonds. The molecule has 0 bridgehead atoms. The fraction of sp³-hybridized carbons (Fsp3) is 0.385. The Kier molecular flexibility index (Phi) is 6.66. The molecule has 0 fully saturated rings. The van der Waals surface area contributed by atoms with Crippen molar-refractivity contribution >= 4 is 23.8 Å². The minimum atomic E-state index is -0.737. The molecule has 0 saturated carbocycles. The van der Waals surface area contributed by atoms with Gasteiger partial charge in [-0.3, -0.25) is 0 Å². The average molecular weight is 300 g/mol. The zero-order valence-electron chi connectivity index (χ0n) is 11.5. The molecule has 3 N–H and O–H groups in total. The molecule has 6 nitrogen and oxygen atoms in total. The Balaban J connectivity index is 2.88. The molecule has 20 heavy (non-hydrogen) atoms. The maximum Gasteiger partial charge on any atom is 0.332 e. The third-order valence-corrected chi connectivity index (χ3v) is 2.67. The molecule has 1 rings (SSSR count). The van der Waals surface area contributed by atoms with Gasteiger partial charge in [-0.05, 0) is 24.1 Å². The van der Waals surface area contributed by atoms with E-state index < -0.39 is 6.03 Å². The second-order valence-corrected chi connectivity index (χ2v) is 4.38. The summed E-state index contributed by atoms with van der Waals surface area (Å²) in [5.41, 5.74) is 7.66. The van der Waals surface area contributed by atoms with Gasteiger partial charge in [-0.15, -0.1) is 0 Å². The summed E-state index contributed by atoms with van der Waals surface area (Å²) in [4.78, 5) is 10.5. The highest BCUT2D eigenvalue weighted by atomic mass is 35.5. The molecule has 0 spiro atoms. The Morgan fingerprint density at radius 1 is 1.55 bits per heavy atom. The zero-order valence-corrected chi connectivity index (χ0v) is 12.2. The Morgan fingerprint density at radius 3 is 2.90 bits per heavy atom. The molecule has 110 valence electrons. The molecule has 0 heterocycles. The van der Waals surface area contributed by atoms with Crippen LogP contribution in [0.3, 0.4) is 0 Å². The van der Waals surface area contributed by atoms with Crippen LogP contribution in [0.5, 0.6) is 11.5 Å².